The molecule has 0 radical (unpaired) electrons. The van der Waals surface area contributed by atoms with Crippen molar-refractivity contribution < 1.29 is 14.3 Å². The van der Waals surface area contributed by atoms with Gasteiger partial charge in [-0.3, -0.25) is 14.0 Å². The van der Waals surface area contributed by atoms with Gasteiger partial charge in [-0.15, -0.1) is 0 Å². The summed E-state index contributed by atoms with van der Waals surface area (Å²) in [7, 11) is 1.69. The van der Waals surface area contributed by atoms with Crippen LogP contribution in [-0.4, -0.2) is 72.0 Å². The minimum atomic E-state index is -0.0731. The summed E-state index contributed by atoms with van der Waals surface area (Å²) in [4.78, 5) is 33.4. The van der Waals surface area contributed by atoms with Crippen molar-refractivity contribution in [1.82, 2.24) is 24.9 Å². The second-order valence-corrected chi connectivity index (χ2v) is 11.9. The molecule has 37 heavy (non-hydrogen) atoms. The fourth-order valence-corrected chi connectivity index (χ4v) is 7.12. The maximum atomic E-state index is 13.4. The summed E-state index contributed by atoms with van der Waals surface area (Å²) < 4.78 is 7.06. The Hall–Kier alpha value is -2.45. The molecular weight excluding hydrogens is 466 g/mol. The van der Waals surface area contributed by atoms with Gasteiger partial charge in [-0.05, 0) is 86.9 Å². The predicted molar refractivity (Wildman–Crippen MR) is 143 cm³/mol. The average molecular weight is 510 g/mol. The fraction of sp³-hybridized carbons (Fsp3) is 0.690. The number of hydrogen-bond donors (Lipinski definition) is 2. The molecule has 4 aliphatic rings. The second-order valence-electron chi connectivity index (χ2n) is 11.9. The van der Waals surface area contributed by atoms with Crippen molar-refractivity contribution in [3.63, 3.8) is 0 Å². The maximum Gasteiger partial charge on any atom is 0.268 e. The number of amides is 2. The van der Waals surface area contributed by atoms with Crippen molar-refractivity contribution in [3.8, 4) is 0 Å². The zero-order valence-corrected chi connectivity index (χ0v) is 22.7. The standard InChI is InChI=1S/C29H43N5O3/c1-29(2)21-9-8-20(24(29)16-21)18-31-28(36)25-6-4-7-26-32-22(19-34(25)26)17-27(35)33(14-5-15-37-3)23-10-12-30-13-11-23/h4,6-7,19-21,23-24,30H,5,8-18H2,1-3H3,(H,31,36)/t20-,21?,24+/m0/s1. The summed E-state index contributed by atoms with van der Waals surface area (Å²) in [6.45, 7) is 8.70. The minimum absolute atomic E-state index is 0.0731. The summed E-state index contributed by atoms with van der Waals surface area (Å²) in [6.07, 6.45) is 8.64. The van der Waals surface area contributed by atoms with E-state index in [-0.39, 0.29) is 24.3 Å². The van der Waals surface area contributed by atoms with Crippen LogP contribution in [0.25, 0.3) is 5.65 Å². The van der Waals surface area contributed by atoms with Crippen LogP contribution in [0.3, 0.4) is 0 Å². The number of carbonyl (C=O) groups excluding carboxylic acids is 2. The number of carbonyl (C=O) groups is 2. The number of fused-ring (bicyclic) bond motifs is 3. The van der Waals surface area contributed by atoms with Gasteiger partial charge in [0, 0.05) is 39.0 Å². The number of methoxy groups -OCH3 is 1. The molecule has 2 amide bonds. The van der Waals surface area contributed by atoms with Crippen LogP contribution >= 0.6 is 0 Å². The predicted octanol–water partition coefficient (Wildman–Crippen LogP) is 3.30. The Bertz CT molecular complexity index is 1100. The number of rotatable bonds is 10. The lowest BCUT2D eigenvalue weighted by Crippen LogP contribution is -2.54. The molecule has 3 heterocycles. The van der Waals surface area contributed by atoms with Crippen molar-refractivity contribution in [3.05, 3.63) is 35.8 Å². The molecule has 8 heteroatoms. The third-order valence-corrected chi connectivity index (χ3v) is 9.45. The van der Waals surface area contributed by atoms with Gasteiger partial charge in [-0.1, -0.05) is 19.9 Å². The molecule has 8 nitrogen and oxygen atoms in total. The number of pyridine rings is 1. The van der Waals surface area contributed by atoms with E-state index >= 15 is 0 Å². The van der Waals surface area contributed by atoms with Crippen molar-refractivity contribution in [2.45, 2.75) is 64.8 Å². The number of piperidine rings is 1. The number of ether oxygens (including phenoxy) is 1. The zero-order valence-electron chi connectivity index (χ0n) is 22.7. The highest BCUT2D eigenvalue weighted by molar-refractivity contribution is 5.93. The van der Waals surface area contributed by atoms with E-state index in [1.54, 1.807) is 7.11 Å². The molecule has 2 N–H and O–H groups in total. The third-order valence-electron chi connectivity index (χ3n) is 9.45. The minimum Gasteiger partial charge on any atom is -0.385 e. The molecule has 2 aromatic heterocycles. The molecule has 2 bridgehead atoms. The quantitative estimate of drug-likeness (QED) is 0.480. The van der Waals surface area contributed by atoms with Crippen molar-refractivity contribution in [2.75, 3.05) is 39.9 Å². The first-order valence-corrected chi connectivity index (χ1v) is 14.1. The fourth-order valence-electron chi connectivity index (χ4n) is 7.12. The lowest BCUT2D eigenvalue weighted by atomic mass is 9.45. The van der Waals surface area contributed by atoms with Gasteiger partial charge in [0.2, 0.25) is 5.91 Å². The monoisotopic (exact) mass is 509 g/mol. The van der Waals surface area contributed by atoms with Crippen LogP contribution in [0.15, 0.2) is 24.4 Å². The van der Waals surface area contributed by atoms with Crippen molar-refractivity contribution in [2.24, 2.45) is 23.2 Å². The Morgan fingerprint density at radius 1 is 1.22 bits per heavy atom. The Kier molecular flexibility index (Phi) is 7.86. The lowest BCUT2D eigenvalue weighted by Gasteiger charge is -2.60. The summed E-state index contributed by atoms with van der Waals surface area (Å²) in [5.74, 6) is 2.14. The van der Waals surface area contributed by atoms with E-state index < -0.39 is 0 Å². The van der Waals surface area contributed by atoms with E-state index in [2.05, 4.69) is 24.5 Å². The summed E-state index contributed by atoms with van der Waals surface area (Å²) in [5.41, 5.74) is 2.38. The number of hydrogen-bond acceptors (Lipinski definition) is 5. The highest BCUT2D eigenvalue weighted by Gasteiger charge is 2.53. The molecule has 1 aliphatic heterocycles. The van der Waals surface area contributed by atoms with Gasteiger partial charge in [-0.2, -0.15) is 0 Å². The van der Waals surface area contributed by atoms with Crippen LogP contribution < -0.4 is 10.6 Å². The first-order valence-electron chi connectivity index (χ1n) is 14.1. The molecule has 2 aromatic rings. The van der Waals surface area contributed by atoms with E-state index in [4.69, 9.17) is 9.72 Å². The molecule has 3 aliphatic carbocycles. The Morgan fingerprint density at radius 3 is 2.76 bits per heavy atom. The number of aromatic nitrogens is 2. The summed E-state index contributed by atoms with van der Waals surface area (Å²) >= 11 is 0. The van der Waals surface area contributed by atoms with Crippen LogP contribution in [0.2, 0.25) is 0 Å². The van der Waals surface area contributed by atoms with E-state index in [0.29, 0.717) is 47.4 Å². The molecule has 6 rings (SSSR count). The number of imidazole rings is 1. The van der Waals surface area contributed by atoms with E-state index in [9.17, 15) is 9.59 Å². The van der Waals surface area contributed by atoms with E-state index in [1.807, 2.05) is 33.7 Å². The third kappa shape index (κ3) is 5.41. The summed E-state index contributed by atoms with van der Waals surface area (Å²) in [5, 5.41) is 6.60. The Labute approximate surface area is 220 Å². The van der Waals surface area contributed by atoms with Crippen LogP contribution in [0.1, 0.15) is 68.6 Å². The molecule has 1 saturated heterocycles. The Morgan fingerprint density at radius 2 is 2.03 bits per heavy atom. The van der Waals surface area contributed by atoms with Gasteiger partial charge in [0.25, 0.3) is 5.91 Å². The molecule has 3 atom stereocenters. The normalized spacial score (nSPS) is 25.0. The lowest BCUT2D eigenvalue weighted by molar-refractivity contribution is -0.133. The molecule has 0 aromatic carbocycles. The largest absolute Gasteiger partial charge is 0.385 e. The van der Waals surface area contributed by atoms with Gasteiger partial charge in [0.1, 0.15) is 11.3 Å². The first-order chi connectivity index (χ1) is 17.9. The van der Waals surface area contributed by atoms with Crippen LogP contribution in [0.4, 0.5) is 0 Å². The summed E-state index contributed by atoms with van der Waals surface area (Å²) in [6, 6.07) is 5.85. The molecule has 4 fully saturated rings. The second kappa shape index (κ2) is 11.1. The molecule has 0 spiro atoms. The van der Waals surface area contributed by atoms with Gasteiger partial charge < -0.3 is 20.3 Å². The van der Waals surface area contributed by atoms with Crippen LogP contribution in [-0.2, 0) is 16.0 Å². The smallest absolute Gasteiger partial charge is 0.268 e. The molecule has 3 saturated carbocycles. The average Bonchev–Trinajstić information content (AvgIpc) is 3.32. The van der Waals surface area contributed by atoms with E-state index in [1.165, 1.54) is 19.3 Å². The van der Waals surface area contributed by atoms with Gasteiger partial charge in [0.15, 0.2) is 0 Å². The van der Waals surface area contributed by atoms with Crippen molar-refractivity contribution >= 4 is 17.5 Å². The number of nitrogens with zero attached hydrogens (tertiary/aromatic N) is 3. The van der Waals surface area contributed by atoms with E-state index in [0.717, 1.165) is 44.8 Å². The highest BCUT2D eigenvalue weighted by Crippen LogP contribution is 2.61. The molecular formula is C29H43N5O3. The topological polar surface area (TPSA) is 88.0 Å². The van der Waals surface area contributed by atoms with Crippen molar-refractivity contribution in [1.29, 1.82) is 0 Å². The van der Waals surface area contributed by atoms with Crippen LogP contribution in [0.5, 0.6) is 0 Å². The SMILES string of the molecule is COCCCN(C(=O)Cc1cn2c(C(=O)NC[C@@H]3CCC4C[C@H]3C4(C)C)cccc2n1)C1CCNCC1. The first kappa shape index (κ1) is 26.2. The maximum absolute atomic E-state index is 13.4. The molecule has 202 valence electrons. The van der Waals surface area contributed by atoms with Gasteiger partial charge >= 0.3 is 0 Å². The highest BCUT2D eigenvalue weighted by atomic mass is 16.5. The number of nitrogens with one attached hydrogen (secondary N) is 2. The molecule has 1 unspecified atom stereocenters. The Balaban J connectivity index is 1.25. The van der Waals surface area contributed by atoms with Crippen LogP contribution in [0, 0.1) is 23.2 Å². The van der Waals surface area contributed by atoms with Gasteiger partial charge in [-0.25, -0.2) is 4.98 Å². The van der Waals surface area contributed by atoms with Gasteiger partial charge in [0.05, 0.1) is 12.1 Å². The zero-order chi connectivity index (χ0) is 26.0.